The Morgan fingerprint density at radius 2 is 2.33 bits per heavy atom. The summed E-state index contributed by atoms with van der Waals surface area (Å²) >= 11 is 0. The van der Waals surface area contributed by atoms with E-state index in [-0.39, 0.29) is 11.9 Å². The van der Waals surface area contributed by atoms with Crippen LogP contribution in [0, 0.1) is 0 Å². The Morgan fingerprint density at radius 3 is 3.14 bits per heavy atom. The molecule has 0 bridgehead atoms. The zero-order chi connectivity index (χ0) is 15.1. The first kappa shape index (κ1) is 15.9. The van der Waals surface area contributed by atoms with Crippen LogP contribution in [0.1, 0.15) is 31.5 Å². The van der Waals surface area contributed by atoms with E-state index in [9.17, 15) is 4.79 Å². The molecule has 7 nitrogen and oxygen atoms in total. The van der Waals surface area contributed by atoms with Crippen molar-refractivity contribution in [3.8, 4) is 0 Å². The highest BCUT2D eigenvalue weighted by atomic mass is 16.5. The molecule has 1 aliphatic heterocycles. The van der Waals surface area contributed by atoms with Gasteiger partial charge in [0.05, 0.1) is 19.2 Å². The normalized spacial score (nSPS) is 20.2. The Morgan fingerprint density at radius 1 is 1.48 bits per heavy atom. The van der Waals surface area contributed by atoms with Gasteiger partial charge in [-0.15, -0.1) is 10.2 Å². The van der Waals surface area contributed by atoms with Crippen LogP contribution in [0.4, 0.5) is 0 Å². The zero-order valence-corrected chi connectivity index (χ0v) is 12.9. The van der Waals surface area contributed by atoms with Crippen LogP contribution in [0.3, 0.4) is 0 Å². The van der Waals surface area contributed by atoms with E-state index in [2.05, 4.69) is 20.4 Å². The fourth-order valence-corrected chi connectivity index (χ4v) is 2.66. The van der Waals surface area contributed by atoms with Crippen LogP contribution in [-0.4, -0.2) is 58.9 Å². The average molecular weight is 295 g/mol. The number of amides is 1. The van der Waals surface area contributed by atoms with Crippen LogP contribution in [0.5, 0.6) is 0 Å². The summed E-state index contributed by atoms with van der Waals surface area (Å²) in [5.41, 5.74) is 0. The first-order valence-electron chi connectivity index (χ1n) is 7.56. The number of hydrogen-bond donors (Lipinski definition) is 1. The van der Waals surface area contributed by atoms with Gasteiger partial charge in [0, 0.05) is 13.7 Å². The molecule has 1 aliphatic rings. The smallest absolute Gasteiger partial charge is 0.237 e. The minimum Gasteiger partial charge on any atom is -0.383 e. The molecule has 0 aliphatic carbocycles. The number of likely N-dealkylation sites (N-methyl/N-ethyl adjacent to an activating group) is 1. The van der Waals surface area contributed by atoms with Gasteiger partial charge in [-0.2, -0.15) is 0 Å². The summed E-state index contributed by atoms with van der Waals surface area (Å²) in [6, 6.07) is -0.0251. The lowest BCUT2D eigenvalue weighted by Crippen LogP contribution is -2.44. The van der Waals surface area contributed by atoms with E-state index in [1.54, 1.807) is 13.4 Å². The van der Waals surface area contributed by atoms with Gasteiger partial charge in [0.25, 0.3) is 0 Å². The fraction of sp³-hybridized carbons (Fsp3) is 0.786. The van der Waals surface area contributed by atoms with Gasteiger partial charge in [-0.1, -0.05) is 12.8 Å². The van der Waals surface area contributed by atoms with Gasteiger partial charge in [-0.05, 0) is 26.4 Å². The summed E-state index contributed by atoms with van der Waals surface area (Å²) in [5, 5.41) is 10.9. The SMILES string of the molecule is COCCn1cnnc1CNC(=O)C1CCCCCN1C. The third-order valence-corrected chi connectivity index (χ3v) is 3.98. The molecule has 0 aromatic carbocycles. The van der Waals surface area contributed by atoms with Crippen LogP contribution >= 0.6 is 0 Å². The van der Waals surface area contributed by atoms with E-state index < -0.39 is 0 Å². The van der Waals surface area contributed by atoms with Gasteiger partial charge in [0.1, 0.15) is 6.33 Å². The Balaban J connectivity index is 1.87. The van der Waals surface area contributed by atoms with Crippen LogP contribution in [-0.2, 0) is 22.6 Å². The van der Waals surface area contributed by atoms with Crippen molar-refractivity contribution >= 4 is 5.91 Å². The lowest BCUT2D eigenvalue weighted by atomic mass is 10.1. The second kappa shape index (κ2) is 8.09. The van der Waals surface area contributed by atoms with E-state index in [1.807, 2.05) is 11.6 Å². The van der Waals surface area contributed by atoms with E-state index in [0.29, 0.717) is 19.7 Å². The van der Waals surface area contributed by atoms with Crippen LogP contribution in [0.15, 0.2) is 6.33 Å². The number of nitrogens with zero attached hydrogens (tertiary/aromatic N) is 4. The molecule has 2 heterocycles. The molecule has 0 saturated carbocycles. The molecular weight excluding hydrogens is 270 g/mol. The number of carbonyl (C=O) groups excluding carboxylic acids is 1. The summed E-state index contributed by atoms with van der Waals surface area (Å²) < 4.78 is 6.95. The topological polar surface area (TPSA) is 72.3 Å². The first-order chi connectivity index (χ1) is 10.2. The molecule has 1 N–H and O–H groups in total. The molecule has 1 atom stereocenters. The van der Waals surface area contributed by atoms with Crippen molar-refractivity contribution < 1.29 is 9.53 Å². The molecule has 1 aromatic heterocycles. The molecule has 2 rings (SSSR count). The number of carbonyl (C=O) groups is 1. The second-order valence-electron chi connectivity index (χ2n) is 5.50. The number of methoxy groups -OCH3 is 1. The molecule has 1 aromatic rings. The van der Waals surface area contributed by atoms with E-state index in [1.165, 1.54) is 12.8 Å². The highest BCUT2D eigenvalue weighted by Crippen LogP contribution is 2.15. The van der Waals surface area contributed by atoms with Gasteiger partial charge in [-0.3, -0.25) is 9.69 Å². The van der Waals surface area contributed by atoms with Crippen LogP contribution < -0.4 is 5.32 Å². The molecule has 1 amide bonds. The largest absolute Gasteiger partial charge is 0.383 e. The quantitative estimate of drug-likeness (QED) is 0.823. The van der Waals surface area contributed by atoms with Crippen molar-refractivity contribution in [1.82, 2.24) is 25.0 Å². The number of hydrogen-bond acceptors (Lipinski definition) is 5. The van der Waals surface area contributed by atoms with Crippen molar-refractivity contribution in [2.75, 3.05) is 27.3 Å². The summed E-state index contributed by atoms with van der Waals surface area (Å²) in [4.78, 5) is 14.5. The molecule has 1 saturated heterocycles. The molecular formula is C14H25N5O2. The molecule has 1 unspecified atom stereocenters. The molecule has 7 heteroatoms. The minimum absolute atomic E-state index is 0.0251. The van der Waals surface area contributed by atoms with E-state index in [4.69, 9.17) is 4.74 Å². The third-order valence-electron chi connectivity index (χ3n) is 3.98. The minimum atomic E-state index is -0.0251. The predicted octanol–water partition coefficient (Wildman–Crippen LogP) is 0.415. The average Bonchev–Trinajstić information content (AvgIpc) is 2.82. The van der Waals surface area contributed by atoms with Crippen molar-refractivity contribution in [2.24, 2.45) is 0 Å². The molecule has 21 heavy (non-hydrogen) atoms. The number of aromatic nitrogens is 3. The Kier molecular flexibility index (Phi) is 6.13. The Hall–Kier alpha value is -1.47. The van der Waals surface area contributed by atoms with Crippen LogP contribution in [0.25, 0.3) is 0 Å². The standard InChI is InChI=1S/C14H25N5O2/c1-18-7-5-3-4-6-12(18)14(20)15-10-13-17-16-11-19(13)8-9-21-2/h11-12H,3-10H2,1-2H3,(H,15,20). The molecule has 1 fully saturated rings. The summed E-state index contributed by atoms with van der Waals surface area (Å²) in [6.07, 6.45) is 6.09. The molecule has 0 radical (unpaired) electrons. The second-order valence-corrected chi connectivity index (χ2v) is 5.50. The summed E-state index contributed by atoms with van der Waals surface area (Å²) in [7, 11) is 3.68. The lowest BCUT2D eigenvalue weighted by molar-refractivity contribution is -0.126. The number of likely N-dealkylation sites (tertiary alicyclic amines) is 1. The number of nitrogens with one attached hydrogen (secondary N) is 1. The van der Waals surface area contributed by atoms with Crippen LogP contribution in [0.2, 0.25) is 0 Å². The van der Waals surface area contributed by atoms with Crippen molar-refractivity contribution in [2.45, 2.75) is 44.8 Å². The Bertz CT molecular complexity index is 448. The maximum atomic E-state index is 12.3. The predicted molar refractivity (Wildman–Crippen MR) is 78.6 cm³/mol. The van der Waals surface area contributed by atoms with Gasteiger partial charge in [0.15, 0.2) is 5.82 Å². The lowest BCUT2D eigenvalue weighted by Gasteiger charge is -2.24. The third kappa shape index (κ3) is 4.50. The van der Waals surface area contributed by atoms with Crippen molar-refractivity contribution in [3.05, 3.63) is 12.2 Å². The maximum absolute atomic E-state index is 12.3. The Labute approximate surface area is 125 Å². The first-order valence-corrected chi connectivity index (χ1v) is 7.56. The number of rotatable bonds is 6. The van der Waals surface area contributed by atoms with Gasteiger partial charge in [0.2, 0.25) is 5.91 Å². The molecule has 118 valence electrons. The van der Waals surface area contributed by atoms with E-state index >= 15 is 0 Å². The maximum Gasteiger partial charge on any atom is 0.237 e. The highest BCUT2D eigenvalue weighted by molar-refractivity contribution is 5.81. The summed E-state index contributed by atoms with van der Waals surface area (Å²) in [5.74, 6) is 0.845. The zero-order valence-electron chi connectivity index (χ0n) is 12.9. The highest BCUT2D eigenvalue weighted by Gasteiger charge is 2.24. The number of ether oxygens (including phenoxy) is 1. The monoisotopic (exact) mass is 295 g/mol. The van der Waals surface area contributed by atoms with Crippen molar-refractivity contribution in [3.63, 3.8) is 0 Å². The van der Waals surface area contributed by atoms with Gasteiger partial charge < -0.3 is 14.6 Å². The van der Waals surface area contributed by atoms with Gasteiger partial charge in [-0.25, -0.2) is 0 Å². The summed E-state index contributed by atoms with van der Waals surface area (Å²) in [6.45, 7) is 2.69. The fourth-order valence-electron chi connectivity index (χ4n) is 2.66. The van der Waals surface area contributed by atoms with E-state index in [0.717, 1.165) is 25.2 Å². The molecule has 0 spiro atoms. The van der Waals surface area contributed by atoms with Crippen molar-refractivity contribution in [1.29, 1.82) is 0 Å². The van der Waals surface area contributed by atoms with Gasteiger partial charge >= 0.3 is 0 Å².